The molecular weight excluding hydrogens is 512 g/mol. The van der Waals surface area contributed by atoms with Gasteiger partial charge in [0.05, 0.1) is 5.41 Å². The second kappa shape index (κ2) is 11.0. The van der Waals surface area contributed by atoms with Crippen molar-refractivity contribution in [3.63, 3.8) is 0 Å². The number of esters is 2. The molecule has 0 radical (unpaired) electrons. The number of carbonyl (C=O) groups is 3. The van der Waals surface area contributed by atoms with E-state index in [9.17, 15) is 29.7 Å². The summed E-state index contributed by atoms with van der Waals surface area (Å²) in [5.41, 5.74) is -4.74. The lowest BCUT2D eigenvalue weighted by Gasteiger charge is -2.48. The largest absolute Gasteiger partial charge is 0.461 e. The molecule has 8 heteroatoms. The molecule has 4 aliphatic rings. The highest BCUT2D eigenvalue weighted by Crippen LogP contribution is 2.75. The smallest absolute Gasteiger partial charge is 0.306 e. The van der Waals surface area contributed by atoms with E-state index in [4.69, 9.17) is 9.47 Å². The Hall–Kier alpha value is -2.03. The van der Waals surface area contributed by atoms with Crippen LogP contribution in [0.2, 0.25) is 0 Å². The molecule has 1 spiro atoms. The predicted octanol–water partition coefficient (Wildman–Crippen LogP) is 4.19. The monoisotopic (exact) mass is 560 g/mol. The molecule has 224 valence electrons. The Bertz CT molecular complexity index is 1090. The summed E-state index contributed by atoms with van der Waals surface area (Å²) in [5, 5.41) is 35.1. The minimum absolute atomic E-state index is 0.183. The molecule has 4 aliphatic carbocycles. The van der Waals surface area contributed by atoms with E-state index in [0.717, 1.165) is 32.1 Å². The normalized spacial score (nSPS) is 39.2. The van der Waals surface area contributed by atoms with Crippen LogP contribution in [0.5, 0.6) is 0 Å². The fourth-order valence-electron chi connectivity index (χ4n) is 8.28. The maximum Gasteiger partial charge on any atom is 0.306 e. The summed E-state index contributed by atoms with van der Waals surface area (Å²) in [4.78, 5) is 40.0. The van der Waals surface area contributed by atoms with E-state index in [1.165, 1.54) is 0 Å². The van der Waals surface area contributed by atoms with Crippen molar-refractivity contribution >= 4 is 17.7 Å². The third-order valence-electron chi connectivity index (χ3n) is 10.5. The molecule has 0 aromatic carbocycles. The zero-order valence-electron chi connectivity index (χ0n) is 25.0. The first kappa shape index (κ1) is 30.9. The SMILES string of the molecule is CCCCCCCC(=O)O[C@@]12CC(C)C34C=C(C)[C@H](O)[C@@]3(O)[C@H](O)C(COC(=O)CCC)=C[C@H](C4=O)[C@@H]1C2(C)C. The van der Waals surface area contributed by atoms with E-state index in [2.05, 4.69) is 6.92 Å². The first-order chi connectivity index (χ1) is 18.8. The van der Waals surface area contributed by atoms with Gasteiger partial charge in [0.2, 0.25) is 0 Å². The number of hydrogen-bond donors (Lipinski definition) is 3. The van der Waals surface area contributed by atoms with Gasteiger partial charge in [-0.15, -0.1) is 0 Å². The summed E-state index contributed by atoms with van der Waals surface area (Å²) >= 11 is 0. The van der Waals surface area contributed by atoms with Crippen LogP contribution in [-0.4, -0.2) is 63.1 Å². The van der Waals surface area contributed by atoms with Crippen molar-refractivity contribution in [1.82, 2.24) is 0 Å². The zero-order chi connectivity index (χ0) is 29.7. The van der Waals surface area contributed by atoms with E-state index in [1.54, 1.807) is 19.1 Å². The summed E-state index contributed by atoms with van der Waals surface area (Å²) < 4.78 is 11.7. The van der Waals surface area contributed by atoms with E-state index in [-0.39, 0.29) is 36.3 Å². The number of unbranched alkanes of at least 4 members (excludes halogenated alkanes) is 4. The van der Waals surface area contributed by atoms with Crippen molar-refractivity contribution < 1.29 is 39.2 Å². The fourth-order valence-corrected chi connectivity index (χ4v) is 8.28. The van der Waals surface area contributed by atoms with Gasteiger partial charge in [0.15, 0.2) is 5.78 Å². The van der Waals surface area contributed by atoms with Crippen LogP contribution in [0.25, 0.3) is 0 Å². The van der Waals surface area contributed by atoms with Gasteiger partial charge in [0, 0.05) is 30.1 Å². The average molecular weight is 561 g/mol. The molecule has 0 saturated heterocycles. The van der Waals surface area contributed by atoms with Crippen LogP contribution in [0, 0.1) is 28.6 Å². The molecule has 4 rings (SSSR count). The Labute approximate surface area is 238 Å². The van der Waals surface area contributed by atoms with Crippen LogP contribution in [0.1, 0.15) is 99.3 Å². The lowest BCUT2D eigenvalue weighted by Crippen LogP contribution is -2.65. The molecule has 0 aliphatic heterocycles. The first-order valence-corrected chi connectivity index (χ1v) is 15.2. The van der Waals surface area contributed by atoms with E-state index >= 15 is 0 Å². The second-order valence-electron chi connectivity index (χ2n) is 13.3. The van der Waals surface area contributed by atoms with Crippen molar-refractivity contribution in [1.29, 1.82) is 0 Å². The van der Waals surface area contributed by atoms with Crippen LogP contribution >= 0.6 is 0 Å². The third-order valence-corrected chi connectivity index (χ3v) is 10.5. The molecule has 2 saturated carbocycles. The average Bonchev–Trinajstić information content (AvgIpc) is 3.30. The van der Waals surface area contributed by atoms with Crippen LogP contribution < -0.4 is 0 Å². The van der Waals surface area contributed by atoms with E-state index < -0.39 is 52.0 Å². The lowest BCUT2D eigenvalue weighted by atomic mass is 9.59. The maximum absolute atomic E-state index is 14.6. The highest BCUT2D eigenvalue weighted by Gasteiger charge is 2.83. The van der Waals surface area contributed by atoms with Gasteiger partial charge < -0.3 is 24.8 Å². The molecule has 3 N–H and O–H groups in total. The van der Waals surface area contributed by atoms with Crippen LogP contribution in [-0.2, 0) is 23.9 Å². The van der Waals surface area contributed by atoms with Gasteiger partial charge in [-0.2, -0.15) is 0 Å². The number of fused-ring (bicyclic) bond motifs is 3. The van der Waals surface area contributed by atoms with Crippen LogP contribution in [0.3, 0.4) is 0 Å². The number of aliphatic hydroxyl groups excluding tert-OH is 2. The lowest BCUT2D eigenvalue weighted by molar-refractivity contribution is -0.192. The number of ketones is 1. The fraction of sp³-hybridized carbons (Fsp3) is 0.781. The van der Waals surface area contributed by atoms with Crippen molar-refractivity contribution in [3.8, 4) is 0 Å². The summed E-state index contributed by atoms with van der Waals surface area (Å²) in [7, 11) is 0. The minimum Gasteiger partial charge on any atom is -0.461 e. The number of aliphatic hydroxyl groups is 3. The van der Waals surface area contributed by atoms with Gasteiger partial charge >= 0.3 is 11.9 Å². The standard InChI is InChI=1S/C32H48O8/c1-7-9-10-11-12-14-24(34)40-31-17-20(4)30-16-19(3)26(35)32(30,38)27(36)21(18-39-23(33)13-8-2)15-22(28(30)37)25(31)29(31,5)6/h15-16,20,22,25-27,35-36,38H,7-14,17-18H2,1-6H3/t20?,22-,25+,26-,27+,30?,31-,32+/m0/s1. The zero-order valence-corrected chi connectivity index (χ0v) is 25.0. The number of ether oxygens (including phenoxy) is 2. The molecule has 0 heterocycles. The predicted molar refractivity (Wildman–Crippen MR) is 149 cm³/mol. The maximum atomic E-state index is 14.6. The number of allylic oxidation sites excluding steroid dienone is 1. The quantitative estimate of drug-likeness (QED) is 0.195. The molecule has 8 nitrogen and oxygen atoms in total. The summed E-state index contributed by atoms with van der Waals surface area (Å²) in [5.74, 6) is -2.80. The summed E-state index contributed by atoms with van der Waals surface area (Å²) in [6.07, 6.45) is 6.56. The van der Waals surface area contributed by atoms with E-state index in [1.807, 2.05) is 27.7 Å². The van der Waals surface area contributed by atoms with Crippen LogP contribution in [0.15, 0.2) is 23.3 Å². The highest BCUT2D eigenvalue weighted by molar-refractivity contribution is 5.96. The topological polar surface area (TPSA) is 130 Å². The number of carbonyl (C=O) groups excluding carboxylic acids is 3. The Kier molecular flexibility index (Phi) is 8.50. The molecule has 0 amide bonds. The molecule has 2 bridgehead atoms. The molecule has 0 aromatic heterocycles. The first-order valence-electron chi connectivity index (χ1n) is 15.2. The Morgan fingerprint density at radius 3 is 2.33 bits per heavy atom. The van der Waals surface area contributed by atoms with Gasteiger partial charge in [-0.3, -0.25) is 14.4 Å². The Morgan fingerprint density at radius 2 is 1.68 bits per heavy atom. The van der Waals surface area contributed by atoms with Crippen molar-refractivity contribution in [2.75, 3.05) is 6.61 Å². The van der Waals surface area contributed by atoms with Crippen molar-refractivity contribution in [2.24, 2.45) is 28.6 Å². The van der Waals surface area contributed by atoms with Gasteiger partial charge in [-0.05, 0) is 43.3 Å². The van der Waals surface area contributed by atoms with Crippen LogP contribution in [0.4, 0.5) is 0 Å². The highest BCUT2D eigenvalue weighted by atomic mass is 16.6. The third kappa shape index (κ3) is 4.40. The molecule has 40 heavy (non-hydrogen) atoms. The van der Waals surface area contributed by atoms with Crippen molar-refractivity contribution in [2.45, 2.75) is 123 Å². The molecule has 0 aromatic rings. The molecule has 2 fully saturated rings. The summed E-state index contributed by atoms with van der Waals surface area (Å²) in [6, 6.07) is 0. The molecule has 2 unspecified atom stereocenters. The van der Waals surface area contributed by atoms with Gasteiger partial charge in [0.1, 0.15) is 30.0 Å². The molecular formula is C32H48O8. The van der Waals surface area contributed by atoms with Gasteiger partial charge in [0.25, 0.3) is 0 Å². The Morgan fingerprint density at radius 1 is 1.00 bits per heavy atom. The van der Waals surface area contributed by atoms with E-state index in [0.29, 0.717) is 24.8 Å². The number of Topliss-reactive ketones (excluding diaryl/α,β-unsaturated/α-hetero) is 1. The summed E-state index contributed by atoms with van der Waals surface area (Å²) in [6.45, 7) is 11.2. The number of rotatable bonds is 11. The number of hydrogen-bond acceptors (Lipinski definition) is 8. The minimum atomic E-state index is -2.25. The van der Waals surface area contributed by atoms with Crippen molar-refractivity contribution in [3.05, 3.63) is 23.3 Å². The van der Waals surface area contributed by atoms with Gasteiger partial charge in [-0.1, -0.05) is 72.5 Å². The van der Waals surface area contributed by atoms with Gasteiger partial charge in [-0.25, -0.2) is 0 Å². The molecule has 8 atom stereocenters. The Balaban J connectivity index is 1.74. The second-order valence-corrected chi connectivity index (χ2v) is 13.3.